The fourth-order valence-corrected chi connectivity index (χ4v) is 3.24. The highest BCUT2D eigenvalue weighted by Crippen LogP contribution is 2.10. The molecule has 1 aromatic rings. The van der Waals surface area contributed by atoms with Crippen LogP contribution in [0.5, 0.6) is 0 Å². The molecule has 2 rings (SSSR count). The second-order valence-corrected chi connectivity index (χ2v) is 7.79. The van der Waals surface area contributed by atoms with Crippen LogP contribution in [0.25, 0.3) is 0 Å². The van der Waals surface area contributed by atoms with Crippen molar-refractivity contribution in [1.29, 1.82) is 0 Å². The number of nitrogens with one attached hydrogen (secondary N) is 3. The van der Waals surface area contributed by atoms with Gasteiger partial charge in [0.15, 0.2) is 11.7 Å². The highest BCUT2D eigenvalue weighted by atomic mass is 16.3. The van der Waals surface area contributed by atoms with Crippen LogP contribution in [0.1, 0.15) is 42.3 Å². The molecule has 2 amide bonds. The van der Waals surface area contributed by atoms with Crippen LogP contribution in [0, 0.1) is 6.92 Å². The first-order chi connectivity index (χ1) is 14.4. The number of aliphatic imine (C=N–C) groups is 1. The van der Waals surface area contributed by atoms with E-state index in [1.165, 1.54) is 6.26 Å². The first-order valence-electron chi connectivity index (χ1n) is 10.7. The third-order valence-corrected chi connectivity index (χ3v) is 5.09. The molecule has 1 aromatic heterocycles. The van der Waals surface area contributed by atoms with Gasteiger partial charge >= 0.3 is 0 Å². The zero-order chi connectivity index (χ0) is 21.9. The SMILES string of the molecule is CCNC(=NCCCNC(=O)c1occc1C)NC1CCN(CC(=O)N(C)C)CC1. The lowest BCUT2D eigenvalue weighted by Gasteiger charge is -2.33. The number of piperidine rings is 1. The lowest BCUT2D eigenvalue weighted by Crippen LogP contribution is -2.50. The van der Waals surface area contributed by atoms with Crippen LogP contribution in [-0.2, 0) is 4.79 Å². The Morgan fingerprint density at radius 1 is 1.27 bits per heavy atom. The van der Waals surface area contributed by atoms with Gasteiger partial charge in [0.2, 0.25) is 5.91 Å². The number of hydrogen-bond donors (Lipinski definition) is 3. The first-order valence-corrected chi connectivity index (χ1v) is 10.7. The van der Waals surface area contributed by atoms with Crippen molar-refractivity contribution in [2.75, 3.05) is 53.4 Å². The second-order valence-electron chi connectivity index (χ2n) is 7.79. The Bertz CT molecular complexity index is 707. The van der Waals surface area contributed by atoms with Crippen molar-refractivity contribution < 1.29 is 14.0 Å². The van der Waals surface area contributed by atoms with E-state index in [0.717, 1.165) is 50.4 Å². The largest absolute Gasteiger partial charge is 0.459 e. The van der Waals surface area contributed by atoms with Crippen molar-refractivity contribution in [2.24, 2.45) is 4.99 Å². The minimum absolute atomic E-state index is 0.144. The standard InChI is InChI=1S/C21H36N6O3/c1-5-22-21(24-11-6-10-23-20(29)19-16(2)9-14-30-19)25-17-7-12-27(13-8-17)15-18(28)26(3)4/h9,14,17H,5-8,10-13,15H2,1-4H3,(H,23,29)(H2,22,24,25). The number of hydrogen-bond acceptors (Lipinski definition) is 5. The summed E-state index contributed by atoms with van der Waals surface area (Å²) in [7, 11) is 3.58. The second kappa shape index (κ2) is 12.2. The Morgan fingerprint density at radius 3 is 2.60 bits per heavy atom. The van der Waals surface area contributed by atoms with Crippen LogP contribution in [0.2, 0.25) is 0 Å². The number of rotatable bonds is 9. The molecule has 9 heteroatoms. The number of likely N-dealkylation sites (N-methyl/N-ethyl adjacent to an activating group) is 1. The zero-order valence-electron chi connectivity index (χ0n) is 18.7. The molecule has 0 aliphatic carbocycles. The van der Waals surface area contributed by atoms with E-state index in [2.05, 4.69) is 25.8 Å². The van der Waals surface area contributed by atoms with E-state index in [9.17, 15) is 9.59 Å². The molecule has 1 saturated heterocycles. The molecule has 0 saturated carbocycles. The van der Waals surface area contributed by atoms with Gasteiger partial charge < -0.3 is 25.3 Å². The Hall–Kier alpha value is -2.55. The van der Waals surface area contributed by atoms with Crippen molar-refractivity contribution in [2.45, 2.75) is 39.2 Å². The third kappa shape index (κ3) is 7.70. The molecule has 0 unspecified atom stereocenters. The monoisotopic (exact) mass is 420 g/mol. The summed E-state index contributed by atoms with van der Waals surface area (Å²) in [5.74, 6) is 1.12. The van der Waals surface area contributed by atoms with Gasteiger partial charge in [-0.15, -0.1) is 0 Å². The lowest BCUT2D eigenvalue weighted by atomic mass is 10.1. The minimum atomic E-state index is -0.189. The number of carbonyl (C=O) groups excluding carboxylic acids is 2. The van der Waals surface area contributed by atoms with Gasteiger partial charge in [0.05, 0.1) is 12.8 Å². The van der Waals surface area contributed by atoms with E-state index < -0.39 is 0 Å². The Balaban J connectivity index is 1.70. The van der Waals surface area contributed by atoms with E-state index in [1.807, 2.05) is 13.8 Å². The Morgan fingerprint density at radius 2 is 2.00 bits per heavy atom. The third-order valence-electron chi connectivity index (χ3n) is 5.09. The van der Waals surface area contributed by atoms with Crippen molar-refractivity contribution in [3.05, 3.63) is 23.7 Å². The highest BCUT2D eigenvalue weighted by molar-refractivity contribution is 5.92. The number of aryl methyl sites for hydroxylation is 1. The molecule has 0 atom stereocenters. The molecule has 1 aliphatic rings. The summed E-state index contributed by atoms with van der Waals surface area (Å²) in [5, 5.41) is 9.64. The zero-order valence-corrected chi connectivity index (χ0v) is 18.7. The van der Waals surface area contributed by atoms with E-state index >= 15 is 0 Å². The lowest BCUT2D eigenvalue weighted by molar-refractivity contribution is -0.130. The molecular weight excluding hydrogens is 384 g/mol. The summed E-state index contributed by atoms with van der Waals surface area (Å²) in [5.41, 5.74) is 0.835. The maximum Gasteiger partial charge on any atom is 0.287 e. The van der Waals surface area contributed by atoms with Crippen LogP contribution in [-0.4, -0.2) is 87.0 Å². The molecule has 3 N–H and O–H groups in total. The van der Waals surface area contributed by atoms with Crippen LogP contribution >= 0.6 is 0 Å². The molecule has 9 nitrogen and oxygen atoms in total. The van der Waals surface area contributed by atoms with E-state index in [-0.39, 0.29) is 11.8 Å². The van der Waals surface area contributed by atoms with Gasteiger partial charge in [0.25, 0.3) is 5.91 Å². The smallest absolute Gasteiger partial charge is 0.287 e. The summed E-state index contributed by atoms with van der Waals surface area (Å²) in [6, 6.07) is 2.12. The summed E-state index contributed by atoms with van der Waals surface area (Å²) >= 11 is 0. The summed E-state index contributed by atoms with van der Waals surface area (Å²) in [6.45, 7) is 8.11. The molecule has 2 heterocycles. The minimum Gasteiger partial charge on any atom is -0.459 e. The molecule has 0 bridgehead atoms. The predicted molar refractivity (Wildman–Crippen MR) is 118 cm³/mol. The fourth-order valence-electron chi connectivity index (χ4n) is 3.24. The maximum atomic E-state index is 12.0. The quantitative estimate of drug-likeness (QED) is 0.311. The van der Waals surface area contributed by atoms with Crippen molar-refractivity contribution in [3.63, 3.8) is 0 Å². The molecule has 168 valence electrons. The Kier molecular flexibility index (Phi) is 9.66. The van der Waals surface area contributed by atoms with Gasteiger partial charge in [-0.3, -0.25) is 19.5 Å². The van der Waals surface area contributed by atoms with Crippen LogP contribution in [0.4, 0.5) is 0 Å². The topological polar surface area (TPSA) is 102 Å². The van der Waals surface area contributed by atoms with Gasteiger partial charge in [-0.1, -0.05) is 0 Å². The van der Waals surface area contributed by atoms with E-state index in [1.54, 1.807) is 25.1 Å². The van der Waals surface area contributed by atoms with Crippen molar-refractivity contribution >= 4 is 17.8 Å². The van der Waals surface area contributed by atoms with Crippen molar-refractivity contribution in [3.8, 4) is 0 Å². The molecule has 1 aliphatic heterocycles. The first kappa shape index (κ1) is 23.7. The molecule has 1 fully saturated rings. The summed E-state index contributed by atoms with van der Waals surface area (Å²) in [6.07, 6.45) is 4.22. The maximum absolute atomic E-state index is 12.0. The van der Waals surface area contributed by atoms with E-state index in [4.69, 9.17) is 4.42 Å². The predicted octanol–water partition coefficient (Wildman–Crippen LogP) is 0.816. The average molecular weight is 421 g/mol. The normalized spacial score (nSPS) is 15.7. The van der Waals surface area contributed by atoms with Crippen LogP contribution < -0.4 is 16.0 Å². The number of furan rings is 1. The number of likely N-dealkylation sites (tertiary alicyclic amines) is 1. The van der Waals surface area contributed by atoms with Crippen LogP contribution in [0.3, 0.4) is 0 Å². The summed E-state index contributed by atoms with van der Waals surface area (Å²) in [4.78, 5) is 32.3. The van der Waals surface area contributed by atoms with Gasteiger partial charge in [0, 0.05) is 58.4 Å². The molecular formula is C21H36N6O3. The van der Waals surface area contributed by atoms with Gasteiger partial charge in [-0.2, -0.15) is 0 Å². The Labute approximate surface area is 179 Å². The van der Waals surface area contributed by atoms with Gasteiger partial charge in [-0.05, 0) is 39.2 Å². The highest BCUT2D eigenvalue weighted by Gasteiger charge is 2.22. The van der Waals surface area contributed by atoms with Crippen molar-refractivity contribution in [1.82, 2.24) is 25.8 Å². The average Bonchev–Trinajstić information content (AvgIpc) is 3.15. The fraction of sp³-hybridized carbons (Fsp3) is 0.667. The molecule has 0 spiro atoms. The molecule has 0 radical (unpaired) electrons. The van der Waals surface area contributed by atoms with E-state index in [0.29, 0.717) is 31.4 Å². The number of nitrogens with zero attached hydrogens (tertiary/aromatic N) is 3. The molecule has 30 heavy (non-hydrogen) atoms. The van der Waals surface area contributed by atoms with Gasteiger partial charge in [-0.25, -0.2) is 0 Å². The molecule has 0 aromatic carbocycles. The number of carbonyl (C=O) groups is 2. The number of guanidine groups is 1. The van der Waals surface area contributed by atoms with Gasteiger partial charge in [0.1, 0.15) is 0 Å². The summed E-state index contributed by atoms with van der Waals surface area (Å²) < 4.78 is 5.19. The number of amides is 2. The van der Waals surface area contributed by atoms with Crippen LogP contribution in [0.15, 0.2) is 21.7 Å².